The van der Waals surface area contributed by atoms with Crippen LogP contribution in [0.4, 0.5) is 4.79 Å². The molecule has 0 aliphatic rings. The number of nitrogens with zero attached hydrogens (tertiary/aromatic N) is 1. The number of thiophene rings is 1. The third-order valence-corrected chi connectivity index (χ3v) is 3.12. The van der Waals surface area contributed by atoms with E-state index in [4.69, 9.17) is 5.73 Å². The van der Waals surface area contributed by atoms with Gasteiger partial charge in [0.2, 0.25) is 0 Å². The molecule has 0 spiro atoms. The largest absolute Gasteiger partial charge is 0.350 e. The lowest BCUT2D eigenvalue weighted by Crippen LogP contribution is -2.24. The lowest BCUT2D eigenvalue weighted by molar-refractivity contribution is 0.249. The van der Waals surface area contributed by atoms with Gasteiger partial charge in [-0.1, -0.05) is 30.3 Å². The number of urea groups is 1. The van der Waals surface area contributed by atoms with Gasteiger partial charge in [0.15, 0.2) is 0 Å². The van der Waals surface area contributed by atoms with Crippen molar-refractivity contribution in [2.24, 2.45) is 10.8 Å². The molecule has 0 aliphatic heterocycles. The molecular formula is C12H11N3OS. The van der Waals surface area contributed by atoms with Gasteiger partial charge in [-0.25, -0.2) is 10.2 Å². The molecule has 5 heteroatoms. The van der Waals surface area contributed by atoms with Gasteiger partial charge in [0.25, 0.3) is 0 Å². The summed E-state index contributed by atoms with van der Waals surface area (Å²) < 4.78 is 0. The van der Waals surface area contributed by atoms with Crippen LogP contribution in [0, 0.1) is 0 Å². The molecule has 0 unspecified atom stereocenters. The van der Waals surface area contributed by atoms with Crippen LogP contribution in [0.1, 0.15) is 4.88 Å². The zero-order chi connectivity index (χ0) is 12.1. The molecule has 2 aromatic rings. The number of primary amides is 1. The Labute approximate surface area is 103 Å². The summed E-state index contributed by atoms with van der Waals surface area (Å²) in [6, 6.07) is 13.4. The van der Waals surface area contributed by atoms with E-state index in [1.54, 1.807) is 17.6 Å². The van der Waals surface area contributed by atoms with Crippen LogP contribution in [0.3, 0.4) is 0 Å². The molecule has 1 heterocycles. The van der Waals surface area contributed by atoms with E-state index in [2.05, 4.69) is 22.7 Å². The van der Waals surface area contributed by atoms with Gasteiger partial charge in [0, 0.05) is 9.75 Å². The Kier molecular flexibility index (Phi) is 3.52. The average molecular weight is 245 g/mol. The summed E-state index contributed by atoms with van der Waals surface area (Å²) in [5.74, 6) is 0. The molecule has 0 saturated heterocycles. The Balaban J connectivity index is 2.11. The normalized spacial score (nSPS) is 10.6. The first kappa shape index (κ1) is 11.3. The van der Waals surface area contributed by atoms with Crippen LogP contribution in [0.25, 0.3) is 10.4 Å². The maximum absolute atomic E-state index is 10.4. The van der Waals surface area contributed by atoms with E-state index >= 15 is 0 Å². The fourth-order valence-corrected chi connectivity index (χ4v) is 2.22. The summed E-state index contributed by atoms with van der Waals surface area (Å²) in [4.78, 5) is 12.5. The number of rotatable bonds is 3. The summed E-state index contributed by atoms with van der Waals surface area (Å²) in [7, 11) is 0. The highest BCUT2D eigenvalue weighted by Crippen LogP contribution is 2.26. The highest BCUT2D eigenvalue weighted by atomic mass is 32.1. The number of nitrogens with two attached hydrogens (primary N) is 1. The van der Waals surface area contributed by atoms with Crippen LogP contribution in [0.2, 0.25) is 0 Å². The third kappa shape index (κ3) is 3.15. The monoisotopic (exact) mass is 245 g/mol. The van der Waals surface area contributed by atoms with Gasteiger partial charge in [-0.05, 0) is 17.7 Å². The van der Waals surface area contributed by atoms with E-state index in [0.29, 0.717) is 0 Å². The predicted octanol–water partition coefficient (Wildman–Crippen LogP) is 2.42. The first-order chi connectivity index (χ1) is 8.25. The summed E-state index contributed by atoms with van der Waals surface area (Å²) in [5, 5.41) is 3.71. The predicted molar refractivity (Wildman–Crippen MR) is 70.1 cm³/mol. The number of carbonyl (C=O) groups is 1. The number of amides is 2. The Morgan fingerprint density at radius 1 is 1.24 bits per heavy atom. The van der Waals surface area contributed by atoms with Crippen molar-refractivity contribution in [1.82, 2.24) is 5.43 Å². The molecule has 2 rings (SSSR count). The zero-order valence-electron chi connectivity index (χ0n) is 8.96. The Hall–Kier alpha value is -2.14. The van der Waals surface area contributed by atoms with Gasteiger partial charge < -0.3 is 5.73 Å². The number of hydrogen-bond donors (Lipinski definition) is 2. The van der Waals surface area contributed by atoms with E-state index in [9.17, 15) is 4.79 Å². The van der Waals surface area contributed by atoms with Crippen molar-refractivity contribution in [2.75, 3.05) is 0 Å². The molecule has 0 radical (unpaired) electrons. The molecule has 4 nitrogen and oxygen atoms in total. The number of hydrogen-bond acceptors (Lipinski definition) is 3. The smallest absolute Gasteiger partial charge is 0.332 e. The van der Waals surface area contributed by atoms with Crippen molar-refractivity contribution in [2.45, 2.75) is 0 Å². The van der Waals surface area contributed by atoms with Gasteiger partial charge in [0.05, 0.1) is 6.21 Å². The van der Waals surface area contributed by atoms with E-state index in [0.717, 1.165) is 9.75 Å². The molecule has 0 bridgehead atoms. The lowest BCUT2D eigenvalue weighted by Gasteiger charge is -1.94. The van der Waals surface area contributed by atoms with Crippen molar-refractivity contribution >= 4 is 23.6 Å². The van der Waals surface area contributed by atoms with E-state index in [1.165, 1.54) is 5.56 Å². The number of hydrazone groups is 1. The van der Waals surface area contributed by atoms with Gasteiger partial charge in [-0.2, -0.15) is 5.10 Å². The summed E-state index contributed by atoms with van der Waals surface area (Å²) >= 11 is 1.60. The minimum Gasteiger partial charge on any atom is -0.350 e. The minimum absolute atomic E-state index is 0.666. The van der Waals surface area contributed by atoms with Gasteiger partial charge >= 0.3 is 6.03 Å². The van der Waals surface area contributed by atoms with E-state index < -0.39 is 6.03 Å². The standard InChI is InChI=1S/C12H11N3OS/c13-12(16)15-14-8-10-6-7-11(17-10)9-4-2-1-3-5-9/h1-8H,(H3,13,15,16). The van der Waals surface area contributed by atoms with Crippen molar-refractivity contribution in [3.8, 4) is 10.4 Å². The van der Waals surface area contributed by atoms with Crippen LogP contribution < -0.4 is 11.2 Å². The number of benzene rings is 1. The molecule has 2 amide bonds. The molecule has 0 saturated carbocycles. The molecule has 0 atom stereocenters. The summed E-state index contributed by atoms with van der Waals surface area (Å²) in [5.41, 5.74) is 8.22. The first-order valence-corrected chi connectivity index (χ1v) is 5.81. The Bertz CT molecular complexity index is 534. The molecule has 17 heavy (non-hydrogen) atoms. The average Bonchev–Trinajstić information content (AvgIpc) is 2.78. The quantitative estimate of drug-likeness (QED) is 0.633. The SMILES string of the molecule is NC(=O)NN=Cc1ccc(-c2ccccc2)s1. The molecule has 1 aromatic heterocycles. The van der Waals surface area contributed by atoms with Gasteiger partial charge in [-0.3, -0.25) is 0 Å². The highest BCUT2D eigenvalue weighted by Gasteiger charge is 2.00. The summed E-state index contributed by atoms with van der Waals surface area (Å²) in [6.07, 6.45) is 1.57. The second kappa shape index (κ2) is 5.27. The maximum Gasteiger partial charge on any atom is 0.332 e. The van der Waals surface area contributed by atoms with E-state index in [1.807, 2.05) is 30.3 Å². The topological polar surface area (TPSA) is 67.5 Å². The summed E-state index contributed by atoms with van der Waals surface area (Å²) in [6.45, 7) is 0. The lowest BCUT2D eigenvalue weighted by atomic mass is 10.2. The van der Waals surface area contributed by atoms with Crippen LogP contribution in [0.15, 0.2) is 47.6 Å². The van der Waals surface area contributed by atoms with Crippen molar-refractivity contribution < 1.29 is 4.79 Å². The van der Waals surface area contributed by atoms with Crippen molar-refractivity contribution in [1.29, 1.82) is 0 Å². The fourth-order valence-electron chi connectivity index (χ4n) is 1.34. The number of carbonyl (C=O) groups excluding carboxylic acids is 1. The van der Waals surface area contributed by atoms with Crippen molar-refractivity contribution in [3.63, 3.8) is 0 Å². The van der Waals surface area contributed by atoms with Crippen LogP contribution in [-0.4, -0.2) is 12.2 Å². The molecule has 1 aromatic carbocycles. The molecular weight excluding hydrogens is 234 g/mol. The molecule has 3 N–H and O–H groups in total. The van der Waals surface area contributed by atoms with Gasteiger partial charge in [-0.15, -0.1) is 11.3 Å². The molecule has 0 aliphatic carbocycles. The Morgan fingerprint density at radius 3 is 2.71 bits per heavy atom. The second-order valence-electron chi connectivity index (χ2n) is 3.30. The zero-order valence-corrected chi connectivity index (χ0v) is 9.78. The van der Waals surface area contributed by atoms with Crippen LogP contribution in [-0.2, 0) is 0 Å². The van der Waals surface area contributed by atoms with E-state index in [-0.39, 0.29) is 0 Å². The second-order valence-corrected chi connectivity index (χ2v) is 4.42. The van der Waals surface area contributed by atoms with Crippen LogP contribution >= 0.6 is 11.3 Å². The maximum atomic E-state index is 10.4. The van der Waals surface area contributed by atoms with Crippen LogP contribution in [0.5, 0.6) is 0 Å². The minimum atomic E-state index is -0.666. The van der Waals surface area contributed by atoms with Crippen molar-refractivity contribution in [3.05, 3.63) is 47.3 Å². The molecule has 86 valence electrons. The Morgan fingerprint density at radius 2 is 2.00 bits per heavy atom. The first-order valence-electron chi connectivity index (χ1n) is 4.99. The third-order valence-electron chi connectivity index (χ3n) is 2.05. The fraction of sp³-hybridized carbons (Fsp3) is 0. The highest BCUT2D eigenvalue weighted by molar-refractivity contribution is 7.17. The molecule has 0 fully saturated rings. The van der Waals surface area contributed by atoms with Gasteiger partial charge in [0.1, 0.15) is 0 Å². The number of nitrogens with one attached hydrogen (secondary N) is 1.